The minimum atomic E-state index is 0.683. The summed E-state index contributed by atoms with van der Waals surface area (Å²) >= 11 is 1.96. The van der Waals surface area contributed by atoms with Crippen LogP contribution < -0.4 is 0 Å². The molecule has 0 aromatic carbocycles. The molecule has 3 aliphatic heterocycles. The molecule has 0 aliphatic carbocycles. The summed E-state index contributed by atoms with van der Waals surface area (Å²) in [5, 5.41) is 2.37. The maximum Gasteiger partial charge on any atom is 0.0333 e. The van der Waals surface area contributed by atoms with E-state index in [4.69, 9.17) is 0 Å². The fourth-order valence-electron chi connectivity index (χ4n) is 5.31. The number of hydrogen-bond acceptors (Lipinski definition) is 4. The van der Waals surface area contributed by atoms with Crippen molar-refractivity contribution in [3.8, 4) is 0 Å². The molecule has 0 N–H and O–H groups in total. The van der Waals surface area contributed by atoms with Gasteiger partial charge in [0.05, 0.1) is 0 Å². The van der Waals surface area contributed by atoms with E-state index in [1.54, 1.807) is 16.0 Å². The van der Waals surface area contributed by atoms with E-state index in [1.165, 1.54) is 58.5 Å². The van der Waals surface area contributed by atoms with Crippen molar-refractivity contribution in [1.29, 1.82) is 0 Å². The molecule has 4 rings (SSSR count). The lowest BCUT2D eigenvalue weighted by Crippen LogP contribution is -2.62. The van der Waals surface area contributed by atoms with Gasteiger partial charge in [-0.05, 0) is 102 Å². The molecule has 4 heteroatoms. The summed E-state index contributed by atoms with van der Waals surface area (Å²) in [6.07, 6.45) is 4.10. The molecule has 1 aromatic heterocycles. The number of likely N-dealkylation sites (tertiary alicyclic amines) is 2. The Bertz CT molecular complexity index is 660. The molecule has 0 amide bonds. The van der Waals surface area contributed by atoms with Crippen molar-refractivity contribution in [2.45, 2.75) is 105 Å². The molecule has 2 saturated heterocycles. The van der Waals surface area contributed by atoms with Crippen LogP contribution in [-0.2, 0) is 13.0 Å². The van der Waals surface area contributed by atoms with Gasteiger partial charge in [0.15, 0.2) is 0 Å². The van der Waals surface area contributed by atoms with Gasteiger partial charge in [0.1, 0.15) is 0 Å². The van der Waals surface area contributed by atoms with Gasteiger partial charge >= 0.3 is 0 Å². The van der Waals surface area contributed by atoms with Gasteiger partial charge in [-0.15, -0.1) is 11.3 Å². The Balaban J connectivity index is 0.000000171. The van der Waals surface area contributed by atoms with Crippen LogP contribution in [0.4, 0.5) is 0 Å². The predicted octanol–water partition coefficient (Wildman–Crippen LogP) is 5.84. The largest absolute Gasteiger partial charge is 0.301 e. The van der Waals surface area contributed by atoms with Gasteiger partial charge in [-0.25, -0.2) is 0 Å². The molecule has 172 valence electrons. The molecule has 0 unspecified atom stereocenters. The van der Waals surface area contributed by atoms with Gasteiger partial charge in [0.2, 0.25) is 0 Å². The molecule has 1 aromatic rings. The van der Waals surface area contributed by atoms with Gasteiger partial charge in [-0.3, -0.25) is 9.80 Å². The van der Waals surface area contributed by atoms with Crippen LogP contribution in [0, 0.1) is 5.41 Å². The number of nitrogens with zero attached hydrogens (tertiary/aromatic N) is 3. The third-order valence-electron chi connectivity index (χ3n) is 7.76. The number of fused-ring (bicyclic) bond motifs is 1. The highest BCUT2D eigenvalue weighted by Gasteiger charge is 2.45. The Hall–Kier alpha value is -0.420. The molecule has 4 heterocycles. The lowest BCUT2D eigenvalue weighted by Gasteiger charge is -2.56. The second-order valence-electron chi connectivity index (χ2n) is 11.2. The van der Waals surface area contributed by atoms with Crippen molar-refractivity contribution in [2.75, 3.05) is 32.7 Å². The monoisotopic (exact) mass is 433 g/mol. The van der Waals surface area contributed by atoms with E-state index in [1.807, 2.05) is 11.3 Å². The zero-order chi connectivity index (χ0) is 22.1. The summed E-state index contributed by atoms with van der Waals surface area (Å²) in [7, 11) is 0. The molecule has 3 aliphatic rings. The summed E-state index contributed by atoms with van der Waals surface area (Å²) in [5.41, 5.74) is 3.96. The molecular formula is C26H47N3S. The maximum absolute atomic E-state index is 2.63. The van der Waals surface area contributed by atoms with Gasteiger partial charge in [0.25, 0.3) is 0 Å². The zero-order valence-corrected chi connectivity index (χ0v) is 21.8. The van der Waals surface area contributed by atoms with Crippen molar-refractivity contribution < 1.29 is 0 Å². The molecule has 2 fully saturated rings. The molecule has 1 spiro atoms. The van der Waals surface area contributed by atoms with E-state index >= 15 is 0 Å². The molecule has 0 saturated carbocycles. The quantitative estimate of drug-likeness (QED) is 0.591. The van der Waals surface area contributed by atoms with Gasteiger partial charge < -0.3 is 4.90 Å². The van der Waals surface area contributed by atoms with Crippen LogP contribution in [0.3, 0.4) is 0 Å². The normalized spacial score (nSPS) is 22.5. The van der Waals surface area contributed by atoms with E-state index < -0.39 is 0 Å². The van der Waals surface area contributed by atoms with Crippen LogP contribution >= 0.6 is 11.3 Å². The average molecular weight is 434 g/mol. The minimum Gasteiger partial charge on any atom is -0.301 e. The second-order valence-corrected chi connectivity index (χ2v) is 12.2. The highest BCUT2D eigenvalue weighted by molar-refractivity contribution is 7.10. The average Bonchev–Trinajstić information content (AvgIpc) is 3.10. The van der Waals surface area contributed by atoms with Gasteiger partial charge in [0, 0.05) is 49.2 Å². The maximum atomic E-state index is 2.63. The topological polar surface area (TPSA) is 9.72 Å². The second kappa shape index (κ2) is 10.0. The van der Waals surface area contributed by atoms with Crippen LogP contribution in [0.2, 0.25) is 0 Å². The van der Waals surface area contributed by atoms with E-state index in [2.05, 4.69) is 75.5 Å². The van der Waals surface area contributed by atoms with Crippen LogP contribution in [-0.4, -0.2) is 65.5 Å². The molecule has 0 atom stereocenters. The summed E-state index contributed by atoms with van der Waals surface area (Å²) in [4.78, 5) is 9.43. The summed E-state index contributed by atoms with van der Waals surface area (Å²) in [5.74, 6) is 0.690. The van der Waals surface area contributed by atoms with Crippen molar-refractivity contribution in [1.82, 2.24) is 14.7 Å². The molecular weight excluding hydrogens is 386 g/mol. The molecule has 30 heavy (non-hydrogen) atoms. The number of piperidine rings is 1. The fraction of sp³-hybridized carbons (Fsp3) is 0.846. The molecule has 0 bridgehead atoms. The van der Waals surface area contributed by atoms with Crippen molar-refractivity contribution in [2.24, 2.45) is 5.41 Å². The lowest BCUT2D eigenvalue weighted by atomic mass is 9.71. The Morgan fingerprint density at radius 2 is 1.33 bits per heavy atom. The number of thiophene rings is 1. The first kappa shape index (κ1) is 24.2. The third-order valence-corrected chi connectivity index (χ3v) is 8.79. The van der Waals surface area contributed by atoms with Crippen LogP contribution in [0.15, 0.2) is 5.38 Å². The van der Waals surface area contributed by atoms with Crippen molar-refractivity contribution in [3.05, 3.63) is 21.4 Å². The first-order valence-corrected chi connectivity index (χ1v) is 13.3. The van der Waals surface area contributed by atoms with E-state index in [0.717, 1.165) is 12.1 Å². The minimum absolute atomic E-state index is 0.683. The first-order valence-electron chi connectivity index (χ1n) is 12.4. The first-order chi connectivity index (χ1) is 14.1. The van der Waals surface area contributed by atoms with E-state index in [-0.39, 0.29) is 0 Å². The lowest BCUT2D eigenvalue weighted by molar-refractivity contribution is -0.0662. The van der Waals surface area contributed by atoms with Gasteiger partial charge in [-0.1, -0.05) is 13.8 Å². The Kier molecular flexibility index (Phi) is 8.09. The van der Waals surface area contributed by atoms with Crippen molar-refractivity contribution in [3.63, 3.8) is 0 Å². The smallest absolute Gasteiger partial charge is 0.0333 e. The van der Waals surface area contributed by atoms with E-state index in [9.17, 15) is 0 Å². The standard InChI is InChI=1S/C13H26N2.C13H21NS/c1-11(2)14-7-5-13(6-8-14)9-15(10-13)12(3)4;1-9(2)12-8-15-13-7-14(10(3)4)6-5-11(12)13/h11-12H,5-10H2,1-4H3;8-10H,5-7H2,1-4H3. The highest BCUT2D eigenvalue weighted by atomic mass is 32.1. The predicted molar refractivity (Wildman–Crippen MR) is 133 cm³/mol. The number of rotatable bonds is 4. The number of hydrogen-bond donors (Lipinski definition) is 0. The van der Waals surface area contributed by atoms with E-state index in [0.29, 0.717) is 17.4 Å². The van der Waals surface area contributed by atoms with Gasteiger partial charge in [-0.2, -0.15) is 0 Å². The Morgan fingerprint density at radius 1 is 0.767 bits per heavy atom. The summed E-state index contributed by atoms with van der Waals surface area (Å²) in [6.45, 7) is 26.2. The summed E-state index contributed by atoms with van der Waals surface area (Å²) < 4.78 is 0. The van der Waals surface area contributed by atoms with Crippen molar-refractivity contribution >= 4 is 11.3 Å². The fourth-order valence-corrected chi connectivity index (χ4v) is 6.60. The van der Waals surface area contributed by atoms with Crippen LogP contribution in [0.25, 0.3) is 0 Å². The Labute approximate surface area is 190 Å². The molecule has 3 nitrogen and oxygen atoms in total. The highest BCUT2D eigenvalue weighted by Crippen LogP contribution is 2.41. The third kappa shape index (κ3) is 5.49. The van der Waals surface area contributed by atoms with Crippen LogP contribution in [0.5, 0.6) is 0 Å². The Morgan fingerprint density at radius 3 is 1.83 bits per heavy atom. The SMILES string of the molecule is CC(C)N1CCC2(CC1)CN(C(C)C)C2.CC(C)c1csc2c1CCN(C(C)C)C2. The van der Waals surface area contributed by atoms with Crippen LogP contribution in [0.1, 0.15) is 90.2 Å². The zero-order valence-electron chi connectivity index (χ0n) is 21.0. The summed E-state index contributed by atoms with van der Waals surface area (Å²) in [6, 6.07) is 2.17. The molecule has 0 radical (unpaired) electrons.